The van der Waals surface area contributed by atoms with Gasteiger partial charge in [-0.1, -0.05) is 26.7 Å². The highest BCUT2D eigenvalue weighted by atomic mass is 16.4. The van der Waals surface area contributed by atoms with Gasteiger partial charge in [-0.2, -0.15) is 0 Å². The first-order chi connectivity index (χ1) is 15.3. The van der Waals surface area contributed by atoms with Gasteiger partial charge in [-0.3, -0.25) is 9.69 Å². The average molecular weight is 447 g/mol. The van der Waals surface area contributed by atoms with Crippen LogP contribution in [0.15, 0.2) is 4.42 Å². The molecule has 0 bridgehead atoms. The van der Waals surface area contributed by atoms with Crippen LogP contribution in [0.5, 0.6) is 0 Å². The first-order valence-corrected chi connectivity index (χ1v) is 12.1. The van der Waals surface area contributed by atoms with Gasteiger partial charge in [-0.05, 0) is 37.5 Å². The highest BCUT2D eigenvalue weighted by Crippen LogP contribution is 2.48. The predicted molar refractivity (Wildman–Crippen MR) is 120 cm³/mol. The fourth-order valence-corrected chi connectivity index (χ4v) is 5.37. The van der Waals surface area contributed by atoms with E-state index in [0.717, 1.165) is 51.7 Å². The molecule has 1 unspecified atom stereocenters. The predicted octanol–water partition coefficient (Wildman–Crippen LogP) is 2.76. The summed E-state index contributed by atoms with van der Waals surface area (Å²) >= 11 is 0. The van der Waals surface area contributed by atoms with Crippen molar-refractivity contribution in [2.24, 2.45) is 5.41 Å². The van der Waals surface area contributed by atoms with Gasteiger partial charge in [-0.15, -0.1) is 10.2 Å². The lowest BCUT2D eigenvalue weighted by Crippen LogP contribution is -2.50. The molecule has 9 nitrogen and oxygen atoms in total. The van der Waals surface area contributed by atoms with E-state index in [-0.39, 0.29) is 29.3 Å². The topological polar surface area (TPSA) is 94.8 Å². The zero-order chi connectivity index (χ0) is 22.9. The van der Waals surface area contributed by atoms with Crippen LogP contribution in [-0.4, -0.2) is 83.2 Å². The molecule has 178 valence electrons. The quantitative estimate of drug-likeness (QED) is 0.747. The van der Waals surface area contributed by atoms with Crippen molar-refractivity contribution in [1.82, 2.24) is 30.2 Å². The highest BCUT2D eigenvalue weighted by molar-refractivity contribution is 5.77. The van der Waals surface area contributed by atoms with Gasteiger partial charge in [0, 0.05) is 45.7 Å². The van der Waals surface area contributed by atoms with Crippen molar-refractivity contribution in [3.05, 3.63) is 11.8 Å². The minimum Gasteiger partial charge on any atom is -0.423 e. The Hall–Kier alpha value is -2.16. The molecule has 3 fully saturated rings. The number of amides is 3. The Morgan fingerprint density at radius 2 is 1.88 bits per heavy atom. The molecule has 3 aliphatic rings. The van der Waals surface area contributed by atoms with Crippen molar-refractivity contribution >= 4 is 11.9 Å². The Morgan fingerprint density at radius 3 is 2.47 bits per heavy atom. The Balaban J connectivity index is 1.43. The van der Waals surface area contributed by atoms with Gasteiger partial charge in [0.1, 0.15) is 0 Å². The molecule has 0 aromatic carbocycles. The smallest absolute Gasteiger partial charge is 0.317 e. The first kappa shape index (κ1) is 23.0. The van der Waals surface area contributed by atoms with E-state index < -0.39 is 0 Å². The van der Waals surface area contributed by atoms with Crippen molar-refractivity contribution in [2.75, 3.05) is 40.3 Å². The zero-order valence-corrected chi connectivity index (χ0v) is 20.0. The summed E-state index contributed by atoms with van der Waals surface area (Å²) in [7, 11) is 3.57. The fraction of sp³-hybridized carbons (Fsp3) is 0.826. The molecule has 0 radical (unpaired) electrons. The Bertz CT molecular complexity index is 808. The van der Waals surface area contributed by atoms with E-state index >= 15 is 0 Å². The Labute approximate surface area is 190 Å². The van der Waals surface area contributed by atoms with Gasteiger partial charge < -0.3 is 19.5 Å². The molecule has 1 aliphatic carbocycles. The number of aromatic nitrogens is 2. The summed E-state index contributed by atoms with van der Waals surface area (Å²) in [6.45, 7) is 6.73. The number of hydrogen-bond donors (Lipinski definition) is 1. The SMILES string of the molecule is CC(C)c1nnc(C2CC3(CCN(C(=O)NC4CCCC4)CC3)CN2CC(=O)N(C)C)o1. The summed E-state index contributed by atoms with van der Waals surface area (Å²) in [5.41, 5.74) is 0.0634. The number of hydrogen-bond acceptors (Lipinski definition) is 6. The number of likely N-dealkylation sites (tertiary alicyclic amines) is 2. The van der Waals surface area contributed by atoms with E-state index in [9.17, 15) is 9.59 Å². The Morgan fingerprint density at radius 1 is 1.19 bits per heavy atom. The third-order valence-corrected chi connectivity index (χ3v) is 7.47. The molecule has 32 heavy (non-hydrogen) atoms. The van der Waals surface area contributed by atoms with Gasteiger partial charge in [0.15, 0.2) is 0 Å². The van der Waals surface area contributed by atoms with Crippen LogP contribution in [-0.2, 0) is 4.79 Å². The second-order valence-corrected chi connectivity index (χ2v) is 10.5. The Kier molecular flexibility index (Phi) is 6.74. The largest absolute Gasteiger partial charge is 0.423 e. The lowest BCUT2D eigenvalue weighted by Gasteiger charge is -2.39. The molecule has 9 heteroatoms. The molecular weight excluding hydrogens is 408 g/mol. The van der Waals surface area contributed by atoms with Crippen molar-refractivity contribution in [3.63, 3.8) is 0 Å². The van der Waals surface area contributed by atoms with Crippen LogP contribution in [0.4, 0.5) is 4.79 Å². The number of rotatable bonds is 5. The molecule has 4 rings (SSSR count). The molecule has 3 amide bonds. The number of urea groups is 1. The van der Waals surface area contributed by atoms with Crippen molar-refractivity contribution in [3.8, 4) is 0 Å². The third-order valence-electron chi connectivity index (χ3n) is 7.47. The number of likely N-dealkylation sites (N-methyl/N-ethyl adjacent to an activating group) is 1. The summed E-state index contributed by atoms with van der Waals surface area (Å²) in [4.78, 5) is 31.0. The van der Waals surface area contributed by atoms with Gasteiger partial charge >= 0.3 is 6.03 Å². The molecule has 1 aromatic rings. The number of carbonyl (C=O) groups is 2. The third kappa shape index (κ3) is 4.92. The highest BCUT2D eigenvalue weighted by Gasteiger charge is 2.48. The number of nitrogens with one attached hydrogen (secondary N) is 1. The first-order valence-electron chi connectivity index (χ1n) is 12.1. The van der Waals surface area contributed by atoms with E-state index in [0.29, 0.717) is 24.4 Å². The maximum atomic E-state index is 12.7. The van der Waals surface area contributed by atoms with E-state index in [1.165, 1.54) is 12.8 Å². The van der Waals surface area contributed by atoms with Crippen LogP contribution >= 0.6 is 0 Å². The molecule has 1 spiro atoms. The van der Waals surface area contributed by atoms with Crippen molar-refractivity contribution in [2.45, 2.75) is 76.8 Å². The van der Waals surface area contributed by atoms with Crippen LogP contribution in [0, 0.1) is 5.41 Å². The van der Waals surface area contributed by atoms with E-state index in [1.54, 1.807) is 19.0 Å². The maximum Gasteiger partial charge on any atom is 0.317 e. The van der Waals surface area contributed by atoms with Crippen molar-refractivity contribution < 1.29 is 14.0 Å². The molecule has 1 N–H and O–H groups in total. The zero-order valence-electron chi connectivity index (χ0n) is 20.0. The lowest BCUT2D eigenvalue weighted by molar-refractivity contribution is -0.130. The average Bonchev–Trinajstić information content (AvgIpc) is 3.49. The normalized spacial score (nSPS) is 23.9. The second-order valence-electron chi connectivity index (χ2n) is 10.5. The molecule has 2 saturated heterocycles. The summed E-state index contributed by atoms with van der Waals surface area (Å²) in [5.74, 6) is 1.49. The van der Waals surface area contributed by atoms with Crippen LogP contribution in [0.2, 0.25) is 0 Å². The molecule has 1 atom stereocenters. The van der Waals surface area contributed by atoms with Crippen LogP contribution in [0.3, 0.4) is 0 Å². The summed E-state index contributed by atoms with van der Waals surface area (Å²) in [6.07, 6.45) is 7.37. The molecule has 1 aromatic heterocycles. The van der Waals surface area contributed by atoms with Gasteiger partial charge in [0.25, 0.3) is 0 Å². The molecular formula is C23H38N6O3. The monoisotopic (exact) mass is 446 g/mol. The molecule has 2 aliphatic heterocycles. The number of carbonyl (C=O) groups excluding carboxylic acids is 2. The molecule has 1 saturated carbocycles. The van der Waals surface area contributed by atoms with Gasteiger partial charge in [-0.25, -0.2) is 4.79 Å². The minimum atomic E-state index is -0.0576. The van der Waals surface area contributed by atoms with E-state index in [4.69, 9.17) is 4.42 Å². The number of nitrogens with zero attached hydrogens (tertiary/aromatic N) is 5. The van der Waals surface area contributed by atoms with Crippen molar-refractivity contribution in [1.29, 1.82) is 0 Å². The summed E-state index contributed by atoms with van der Waals surface area (Å²) < 4.78 is 6.01. The van der Waals surface area contributed by atoms with Crippen LogP contribution < -0.4 is 5.32 Å². The summed E-state index contributed by atoms with van der Waals surface area (Å²) in [6, 6.07) is 0.367. The minimum absolute atomic E-state index is 0.0576. The standard InChI is InChI=1S/C23H38N6O3/c1-16(2)20-25-26-21(32-20)18-13-23(15-29(18)14-19(30)27(3)4)9-11-28(12-10-23)22(31)24-17-7-5-6-8-17/h16-18H,5-15H2,1-4H3,(H,24,31). The van der Waals surface area contributed by atoms with E-state index in [1.807, 2.05) is 18.7 Å². The molecule has 3 heterocycles. The van der Waals surface area contributed by atoms with Crippen LogP contribution in [0.1, 0.15) is 82.5 Å². The second kappa shape index (κ2) is 9.37. The number of piperidine rings is 1. The van der Waals surface area contributed by atoms with Gasteiger partial charge in [0.2, 0.25) is 17.7 Å². The summed E-state index contributed by atoms with van der Waals surface area (Å²) in [5, 5.41) is 11.8. The fourth-order valence-electron chi connectivity index (χ4n) is 5.37. The van der Waals surface area contributed by atoms with Crippen LogP contribution in [0.25, 0.3) is 0 Å². The lowest BCUT2D eigenvalue weighted by atomic mass is 9.76. The van der Waals surface area contributed by atoms with Gasteiger partial charge in [0.05, 0.1) is 12.6 Å². The maximum absolute atomic E-state index is 12.7. The van der Waals surface area contributed by atoms with E-state index in [2.05, 4.69) is 20.4 Å².